The van der Waals surface area contributed by atoms with Gasteiger partial charge in [-0.15, -0.1) is 0 Å². The van der Waals surface area contributed by atoms with Crippen LogP contribution in [0.1, 0.15) is 67.8 Å². The van der Waals surface area contributed by atoms with Crippen LogP contribution in [0.2, 0.25) is 10.0 Å². The van der Waals surface area contributed by atoms with Crippen molar-refractivity contribution in [3.05, 3.63) is 93.0 Å². The lowest BCUT2D eigenvalue weighted by Crippen LogP contribution is -2.53. The first-order valence-corrected chi connectivity index (χ1v) is 15.5. The molecule has 0 bridgehead atoms. The summed E-state index contributed by atoms with van der Waals surface area (Å²) in [6.45, 7) is 7.33. The summed E-state index contributed by atoms with van der Waals surface area (Å²) in [7, 11) is 0. The molecule has 1 amide bonds. The van der Waals surface area contributed by atoms with Crippen LogP contribution in [0, 0.1) is 5.82 Å². The number of aliphatic hydroxyl groups excluding tert-OH is 1. The number of benzene rings is 3. The molecule has 3 aromatic carbocycles. The van der Waals surface area contributed by atoms with E-state index in [0.29, 0.717) is 59.3 Å². The number of aryl methyl sites for hydroxylation is 1. The first-order chi connectivity index (χ1) is 20.9. The second kappa shape index (κ2) is 10.5. The summed E-state index contributed by atoms with van der Waals surface area (Å²) in [5.41, 5.74) is 1.68. The number of aromatic nitrogens is 2. The molecule has 44 heavy (non-hydrogen) atoms. The quantitative estimate of drug-likeness (QED) is 0.229. The van der Waals surface area contributed by atoms with Crippen LogP contribution in [0.15, 0.2) is 54.6 Å². The Labute approximate surface area is 264 Å². The van der Waals surface area contributed by atoms with E-state index in [9.17, 15) is 15.0 Å². The van der Waals surface area contributed by atoms with Crippen molar-refractivity contribution in [2.24, 2.45) is 0 Å². The first kappa shape index (κ1) is 29.6. The Bertz CT molecular complexity index is 1800. The molecule has 1 fully saturated rings. The molecule has 230 valence electrons. The van der Waals surface area contributed by atoms with E-state index >= 15 is 4.39 Å². The molecule has 1 spiro atoms. The number of carbonyl (C=O) groups is 1. The third kappa shape index (κ3) is 4.40. The van der Waals surface area contributed by atoms with E-state index in [2.05, 4.69) is 14.8 Å². The summed E-state index contributed by atoms with van der Waals surface area (Å²) in [6.07, 6.45) is -0.975. The molecule has 0 saturated carbocycles. The van der Waals surface area contributed by atoms with Crippen LogP contribution in [0.4, 0.5) is 10.1 Å². The van der Waals surface area contributed by atoms with Gasteiger partial charge in [0.25, 0.3) is 0 Å². The molecule has 4 aromatic rings. The molecule has 0 unspecified atom stereocenters. The fraction of sp³-hybridized carbons (Fsp3) is 0.394. The Morgan fingerprint density at radius 3 is 2.70 bits per heavy atom. The van der Waals surface area contributed by atoms with Gasteiger partial charge in [-0.2, -0.15) is 0 Å². The van der Waals surface area contributed by atoms with Gasteiger partial charge in [0.05, 0.1) is 28.3 Å². The van der Waals surface area contributed by atoms with Crippen molar-refractivity contribution < 1.29 is 24.1 Å². The number of nitrogens with zero attached hydrogens (tertiary/aromatic N) is 3. The Kier molecular flexibility index (Phi) is 7.08. The van der Waals surface area contributed by atoms with Crippen molar-refractivity contribution in [2.75, 3.05) is 18.5 Å². The summed E-state index contributed by atoms with van der Waals surface area (Å²) in [5.74, 6) is -1.27. The fourth-order valence-electron chi connectivity index (χ4n) is 7.71. The van der Waals surface area contributed by atoms with Crippen molar-refractivity contribution in [3.63, 3.8) is 0 Å². The van der Waals surface area contributed by atoms with Crippen LogP contribution >= 0.6 is 23.2 Å². The van der Waals surface area contributed by atoms with Crippen LogP contribution in [-0.4, -0.2) is 55.4 Å². The Morgan fingerprint density at radius 2 is 1.95 bits per heavy atom. The van der Waals surface area contributed by atoms with Crippen molar-refractivity contribution in [1.82, 2.24) is 14.5 Å². The second-order valence-electron chi connectivity index (χ2n) is 12.8. The van der Waals surface area contributed by atoms with Crippen LogP contribution in [-0.2, 0) is 21.6 Å². The maximum Gasteiger partial charge on any atom is 0.250 e. The number of aliphatic hydroxyl groups is 2. The van der Waals surface area contributed by atoms with Gasteiger partial charge in [0.15, 0.2) is 6.29 Å². The zero-order chi connectivity index (χ0) is 31.1. The average molecular weight is 640 g/mol. The standard InChI is InChI=1S/C33H33Cl2FN4O4/c1-32(2,3)44-14-13-40-25-11-12-39-24-10-7-17(30(41)42)15-23(24)37-29(39)26(25)27(19-5-4-6-21(35)28(19)36)33(40)20-9-8-18(34)16-22(20)38-31(33)43/h4-10,15-16,25-27,30,41-42H,11-14H2,1-3H3,(H,38,43)/t25-,26+,27-,33+/m0/s1. The van der Waals surface area contributed by atoms with Gasteiger partial charge in [0.1, 0.15) is 17.2 Å². The molecule has 3 aliphatic heterocycles. The molecule has 1 aromatic heterocycles. The summed E-state index contributed by atoms with van der Waals surface area (Å²) in [6, 6.07) is 15.2. The number of halogens is 3. The minimum atomic E-state index is -1.64. The minimum absolute atomic E-state index is 0.0238. The van der Waals surface area contributed by atoms with Crippen LogP contribution < -0.4 is 5.32 Å². The normalized spacial score (nSPS) is 24.7. The SMILES string of the molecule is CC(C)(C)OCCN1[C@H]2CCn3c(nc4cc(C(O)O)ccc43)[C@H]2[C@H](c2cccc(Cl)c2F)[C@]12C(=O)Nc1cc(Cl)ccc12. The maximum atomic E-state index is 16.3. The zero-order valence-electron chi connectivity index (χ0n) is 24.5. The van der Waals surface area contributed by atoms with E-state index in [1.807, 2.05) is 32.9 Å². The predicted octanol–water partition coefficient (Wildman–Crippen LogP) is 6.08. The van der Waals surface area contributed by atoms with E-state index < -0.39 is 35.1 Å². The Hall–Kier alpha value is -3.05. The molecular weight excluding hydrogens is 606 g/mol. The number of rotatable bonds is 5. The Balaban J connectivity index is 1.50. The lowest BCUT2D eigenvalue weighted by molar-refractivity contribution is -0.129. The Morgan fingerprint density at radius 1 is 1.16 bits per heavy atom. The van der Waals surface area contributed by atoms with Crippen LogP contribution in [0.5, 0.6) is 0 Å². The molecule has 0 radical (unpaired) electrons. The number of fused-ring (bicyclic) bond motifs is 7. The molecule has 1 saturated heterocycles. The molecule has 7 rings (SSSR count). The molecule has 8 nitrogen and oxygen atoms in total. The van der Waals surface area contributed by atoms with Crippen molar-refractivity contribution in [2.45, 2.75) is 69.0 Å². The lowest BCUT2D eigenvalue weighted by Gasteiger charge is -2.40. The second-order valence-corrected chi connectivity index (χ2v) is 13.7. The van der Waals surface area contributed by atoms with Crippen LogP contribution in [0.3, 0.4) is 0 Å². The maximum absolute atomic E-state index is 16.3. The molecule has 0 aliphatic carbocycles. The monoisotopic (exact) mass is 638 g/mol. The molecule has 4 atom stereocenters. The van der Waals surface area contributed by atoms with Gasteiger partial charge in [0.2, 0.25) is 5.91 Å². The summed E-state index contributed by atoms with van der Waals surface area (Å²) >= 11 is 12.8. The third-order valence-electron chi connectivity index (χ3n) is 9.29. The highest BCUT2D eigenvalue weighted by molar-refractivity contribution is 6.31. The third-order valence-corrected chi connectivity index (χ3v) is 9.82. The van der Waals surface area contributed by atoms with E-state index in [4.69, 9.17) is 32.9 Å². The number of likely N-dealkylation sites (tertiary alicyclic amines) is 1. The first-order valence-electron chi connectivity index (χ1n) is 14.7. The zero-order valence-corrected chi connectivity index (χ0v) is 26.0. The molecule has 11 heteroatoms. The predicted molar refractivity (Wildman–Crippen MR) is 166 cm³/mol. The molecule has 3 N–H and O–H groups in total. The van der Waals surface area contributed by atoms with Gasteiger partial charge in [-0.25, -0.2) is 9.37 Å². The van der Waals surface area contributed by atoms with E-state index in [-0.39, 0.29) is 17.0 Å². The summed E-state index contributed by atoms with van der Waals surface area (Å²) in [5, 5.41) is 23.2. The number of hydrogen-bond donors (Lipinski definition) is 3. The fourth-order valence-corrected chi connectivity index (χ4v) is 8.06. The van der Waals surface area contributed by atoms with Gasteiger partial charge in [-0.05, 0) is 63.1 Å². The van der Waals surface area contributed by atoms with Gasteiger partial charge < -0.3 is 24.8 Å². The topological polar surface area (TPSA) is 99.8 Å². The van der Waals surface area contributed by atoms with Crippen molar-refractivity contribution in [3.8, 4) is 0 Å². The highest BCUT2D eigenvalue weighted by Gasteiger charge is 2.68. The number of carbonyl (C=O) groups excluding carboxylic acids is 1. The van der Waals surface area contributed by atoms with Gasteiger partial charge in [0, 0.05) is 52.8 Å². The number of hydrogen-bond acceptors (Lipinski definition) is 6. The van der Waals surface area contributed by atoms with Crippen molar-refractivity contribution >= 4 is 45.8 Å². The molecule has 3 aliphatic rings. The largest absolute Gasteiger partial charge is 0.375 e. The van der Waals surface area contributed by atoms with Gasteiger partial charge in [-0.3, -0.25) is 9.69 Å². The smallest absolute Gasteiger partial charge is 0.250 e. The number of imidazole rings is 1. The van der Waals surface area contributed by atoms with Gasteiger partial charge in [-0.1, -0.05) is 47.5 Å². The molecule has 4 heterocycles. The summed E-state index contributed by atoms with van der Waals surface area (Å²) in [4.78, 5) is 21.8. The lowest BCUT2D eigenvalue weighted by atomic mass is 9.70. The number of anilines is 1. The van der Waals surface area contributed by atoms with E-state index in [0.717, 1.165) is 11.1 Å². The van der Waals surface area contributed by atoms with Crippen molar-refractivity contribution in [1.29, 1.82) is 0 Å². The number of amides is 1. The highest BCUT2D eigenvalue weighted by atomic mass is 35.5. The summed E-state index contributed by atoms with van der Waals surface area (Å²) < 4.78 is 24.6. The van der Waals surface area contributed by atoms with Crippen LogP contribution in [0.25, 0.3) is 11.0 Å². The number of nitrogens with one attached hydrogen (secondary N) is 1. The minimum Gasteiger partial charge on any atom is -0.375 e. The van der Waals surface area contributed by atoms with E-state index in [1.54, 1.807) is 36.4 Å². The van der Waals surface area contributed by atoms with E-state index in [1.165, 1.54) is 6.07 Å². The number of ether oxygens (including phenoxy) is 1. The highest BCUT2D eigenvalue weighted by Crippen LogP contribution is 2.64. The van der Waals surface area contributed by atoms with Gasteiger partial charge >= 0.3 is 0 Å². The average Bonchev–Trinajstić information content (AvgIpc) is 3.57. The molecular formula is C33H33Cl2FN4O4.